The molecule has 2 nitrogen and oxygen atoms in total. The van der Waals surface area contributed by atoms with E-state index >= 15 is 0 Å². The van der Waals surface area contributed by atoms with Crippen LogP contribution in [0.4, 0.5) is 0 Å². The van der Waals surface area contributed by atoms with Crippen LogP contribution in [0.15, 0.2) is 0 Å². The first kappa shape index (κ1) is 8.02. The summed E-state index contributed by atoms with van der Waals surface area (Å²) in [6.07, 6.45) is 3.76. The molecule has 0 aliphatic carbocycles. The maximum absolute atomic E-state index is 8.95. The van der Waals surface area contributed by atoms with Crippen molar-refractivity contribution in [3.05, 3.63) is 0 Å². The zero-order valence-corrected chi connectivity index (χ0v) is 6.93. The Morgan fingerprint density at radius 3 is 2.50 bits per heavy atom. The summed E-state index contributed by atoms with van der Waals surface area (Å²) in [6, 6.07) is 0. The van der Waals surface area contributed by atoms with Crippen molar-refractivity contribution >= 4 is 0 Å². The quantitative estimate of drug-likeness (QED) is 0.596. The van der Waals surface area contributed by atoms with Crippen LogP contribution in [0.2, 0.25) is 0 Å². The summed E-state index contributed by atoms with van der Waals surface area (Å²) in [5.74, 6) is 0. The molecule has 1 N–H and O–H groups in total. The SMILES string of the molecule is CC1(C)CCCCN1CO. The second-order valence-corrected chi connectivity index (χ2v) is 3.67. The van der Waals surface area contributed by atoms with E-state index in [0.29, 0.717) is 0 Å². The normalized spacial score (nSPS) is 26.7. The summed E-state index contributed by atoms with van der Waals surface area (Å²) in [5.41, 5.74) is 0.229. The van der Waals surface area contributed by atoms with Crippen LogP contribution in [-0.4, -0.2) is 28.8 Å². The van der Waals surface area contributed by atoms with E-state index in [1.165, 1.54) is 19.3 Å². The molecule has 1 aliphatic rings. The van der Waals surface area contributed by atoms with E-state index in [1.54, 1.807) is 0 Å². The van der Waals surface area contributed by atoms with E-state index in [1.807, 2.05) is 0 Å². The maximum atomic E-state index is 8.95. The third kappa shape index (κ3) is 1.50. The number of hydrogen-bond donors (Lipinski definition) is 1. The van der Waals surface area contributed by atoms with Gasteiger partial charge < -0.3 is 5.11 Å². The Kier molecular flexibility index (Phi) is 2.32. The molecule has 0 amide bonds. The molecule has 1 rings (SSSR count). The molecule has 1 saturated heterocycles. The Bertz CT molecular complexity index is 112. The lowest BCUT2D eigenvalue weighted by Crippen LogP contribution is -2.47. The first-order valence-electron chi connectivity index (χ1n) is 4.03. The smallest absolute Gasteiger partial charge is 0.0960 e. The highest BCUT2D eigenvalue weighted by molar-refractivity contribution is 4.83. The van der Waals surface area contributed by atoms with Crippen LogP contribution in [0.3, 0.4) is 0 Å². The number of rotatable bonds is 1. The standard InChI is InChI=1S/C8H17NO/c1-8(2)5-3-4-6-9(8)7-10/h10H,3-7H2,1-2H3. The van der Waals surface area contributed by atoms with E-state index in [4.69, 9.17) is 5.11 Å². The van der Waals surface area contributed by atoms with Gasteiger partial charge in [-0.3, -0.25) is 4.90 Å². The van der Waals surface area contributed by atoms with Crippen LogP contribution >= 0.6 is 0 Å². The van der Waals surface area contributed by atoms with Gasteiger partial charge in [-0.05, 0) is 26.7 Å². The van der Waals surface area contributed by atoms with Crippen molar-refractivity contribution in [1.82, 2.24) is 4.90 Å². The third-order valence-electron chi connectivity index (χ3n) is 2.49. The molecule has 0 spiro atoms. The fourth-order valence-corrected chi connectivity index (χ4v) is 1.58. The molecule has 0 saturated carbocycles. The molecule has 1 aliphatic heterocycles. The largest absolute Gasteiger partial charge is 0.381 e. The Hall–Kier alpha value is -0.0800. The molecule has 0 atom stereocenters. The first-order valence-corrected chi connectivity index (χ1v) is 4.03. The predicted octanol–water partition coefficient (Wildman–Crippen LogP) is 1.20. The van der Waals surface area contributed by atoms with Crippen LogP contribution in [0, 0.1) is 0 Å². The minimum atomic E-state index is 0.215. The van der Waals surface area contributed by atoms with E-state index in [-0.39, 0.29) is 12.3 Å². The minimum absolute atomic E-state index is 0.215. The molecule has 0 aromatic rings. The summed E-state index contributed by atoms with van der Waals surface area (Å²) in [4.78, 5) is 2.14. The summed E-state index contributed by atoms with van der Waals surface area (Å²) < 4.78 is 0. The molecule has 2 heteroatoms. The van der Waals surface area contributed by atoms with E-state index in [9.17, 15) is 0 Å². The summed E-state index contributed by atoms with van der Waals surface area (Å²) in [5, 5.41) is 8.95. The van der Waals surface area contributed by atoms with Gasteiger partial charge >= 0.3 is 0 Å². The molecule has 1 heterocycles. The molecule has 0 radical (unpaired) electrons. The van der Waals surface area contributed by atoms with Crippen LogP contribution < -0.4 is 0 Å². The fraction of sp³-hybridized carbons (Fsp3) is 1.00. The first-order chi connectivity index (χ1) is 4.67. The predicted molar refractivity (Wildman–Crippen MR) is 41.7 cm³/mol. The van der Waals surface area contributed by atoms with Gasteiger partial charge in [0.25, 0.3) is 0 Å². The molecule has 1 fully saturated rings. The van der Waals surface area contributed by atoms with Gasteiger partial charge in [0.05, 0.1) is 6.73 Å². The molecule has 60 valence electrons. The van der Waals surface area contributed by atoms with Gasteiger partial charge in [-0.2, -0.15) is 0 Å². The second kappa shape index (κ2) is 2.89. The van der Waals surface area contributed by atoms with Gasteiger partial charge in [0.1, 0.15) is 0 Å². The zero-order valence-electron chi connectivity index (χ0n) is 6.93. The monoisotopic (exact) mass is 143 g/mol. The highest BCUT2D eigenvalue weighted by atomic mass is 16.3. The van der Waals surface area contributed by atoms with Crippen LogP contribution in [0.5, 0.6) is 0 Å². The molecular formula is C8H17NO. The van der Waals surface area contributed by atoms with Crippen molar-refractivity contribution < 1.29 is 5.11 Å². The van der Waals surface area contributed by atoms with Gasteiger partial charge in [0, 0.05) is 12.1 Å². The molecule has 0 bridgehead atoms. The van der Waals surface area contributed by atoms with E-state index in [0.717, 1.165) is 6.54 Å². The molecule has 0 aromatic carbocycles. The van der Waals surface area contributed by atoms with E-state index < -0.39 is 0 Å². The van der Waals surface area contributed by atoms with Gasteiger partial charge in [0.15, 0.2) is 0 Å². The van der Waals surface area contributed by atoms with Crippen molar-refractivity contribution in [3.63, 3.8) is 0 Å². The van der Waals surface area contributed by atoms with Gasteiger partial charge in [0.2, 0.25) is 0 Å². The number of hydrogen-bond acceptors (Lipinski definition) is 2. The Morgan fingerprint density at radius 2 is 2.10 bits per heavy atom. The number of aliphatic hydroxyl groups is 1. The summed E-state index contributed by atoms with van der Waals surface area (Å²) >= 11 is 0. The minimum Gasteiger partial charge on any atom is -0.381 e. The lowest BCUT2D eigenvalue weighted by atomic mass is 9.91. The average molecular weight is 143 g/mol. The summed E-state index contributed by atoms with van der Waals surface area (Å²) in [6.45, 7) is 5.67. The number of aliphatic hydroxyl groups excluding tert-OH is 1. The van der Waals surface area contributed by atoms with Crippen LogP contribution in [0.1, 0.15) is 33.1 Å². The van der Waals surface area contributed by atoms with Crippen molar-refractivity contribution in [3.8, 4) is 0 Å². The molecular weight excluding hydrogens is 126 g/mol. The molecule has 10 heavy (non-hydrogen) atoms. The molecule has 0 aromatic heterocycles. The van der Waals surface area contributed by atoms with Crippen molar-refractivity contribution in [2.45, 2.75) is 38.6 Å². The summed E-state index contributed by atoms with van der Waals surface area (Å²) in [7, 11) is 0. The molecule has 0 unspecified atom stereocenters. The van der Waals surface area contributed by atoms with Crippen LogP contribution in [0.25, 0.3) is 0 Å². The lowest BCUT2D eigenvalue weighted by molar-refractivity contribution is -0.00144. The van der Waals surface area contributed by atoms with Gasteiger partial charge in [-0.1, -0.05) is 6.42 Å². The van der Waals surface area contributed by atoms with Gasteiger partial charge in [-0.25, -0.2) is 0 Å². The van der Waals surface area contributed by atoms with Crippen molar-refractivity contribution in [1.29, 1.82) is 0 Å². The highest BCUT2D eigenvalue weighted by Crippen LogP contribution is 2.25. The Balaban J connectivity index is 2.51. The third-order valence-corrected chi connectivity index (χ3v) is 2.49. The fourth-order valence-electron chi connectivity index (χ4n) is 1.58. The van der Waals surface area contributed by atoms with Crippen molar-refractivity contribution in [2.75, 3.05) is 13.3 Å². The van der Waals surface area contributed by atoms with Crippen molar-refractivity contribution in [2.24, 2.45) is 0 Å². The number of nitrogens with zero attached hydrogens (tertiary/aromatic N) is 1. The van der Waals surface area contributed by atoms with E-state index in [2.05, 4.69) is 18.7 Å². The van der Waals surface area contributed by atoms with Crippen LogP contribution in [-0.2, 0) is 0 Å². The maximum Gasteiger partial charge on any atom is 0.0960 e. The number of piperidine rings is 1. The topological polar surface area (TPSA) is 23.5 Å². The zero-order chi connectivity index (χ0) is 7.61. The lowest BCUT2D eigenvalue weighted by Gasteiger charge is -2.41. The Labute approximate surface area is 62.8 Å². The number of likely N-dealkylation sites (tertiary alicyclic amines) is 1. The highest BCUT2D eigenvalue weighted by Gasteiger charge is 2.28. The van der Waals surface area contributed by atoms with Gasteiger partial charge in [-0.15, -0.1) is 0 Å². The second-order valence-electron chi connectivity index (χ2n) is 3.67. The average Bonchev–Trinajstić information content (AvgIpc) is 1.87. The Morgan fingerprint density at radius 1 is 1.40 bits per heavy atom.